The third-order valence-corrected chi connectivity index (χ3v) is 1.98. The van der Waals surface area contributed by atoms with Crippen LogP contribution >= 0.6 is 0 Å². The number of halogens is 1. The summed E-state index contributed by atoms with van der Waals surface area (Å²) in [5, 5.41) is 9.14. The van der Waals surface area contributed by atoms with E-state index in [2.05, 4.69) is 20.7 Å². The number of likely N-dealkylation sites (N-methyl/N-ethyl adjacent to an activating group) is 1. The zero-order valence-corrected chi connectivity index (χ0v) is 8.57. The van der Waals surface area contributed by atoms with E-state index in [9.17, 15) is 9.18 Å². The van der Waals surface area contributed by atoms with Crippen LogP contribution in [0, 0.1) is 5.82 Å². The van der Waals surface area contributed by atoms with Gasteiger partial charge in [-0.05, 0) is 12.1 Å². The number of nitrogens with zero attached hydrogens (tertiary/aromatic N) is 3. The minimum absolute atomic E-state index is 0.0792. The lowest BCUT2D eigenvalue weighted by atomic mass is 10.5. The van der Waals surface area contributed by atoms with E-state index in [-0.39, 0.29) is 18.4 Å². The Morgan fingerprint density at radius 3 is 3.12 bits per heavy atom. The molecule has 2 aromatic heterocycles. The van der Waals surface area contributed by atoms with Crippen LogP contribution in [0.4, 0.5) is 10.3 Å². The molecule has 0 bridgehead atoms. The first-order valence-electron chi connectivity index (χ1n) is 4.65. The van der Waals surface area contributed by atoms with Gasteiger partial charge in [0.05, 0.1) is 12.7 Å². The molecule has 2 aromatic rings. The zero-order chi connectivity index (χ0) is 11.5. The maximum absolute atomic E-state index is 12.8. The predicted octanol–water partition coefficient (Wildman–Crippen LogP) is 0.0263. The Kier molecular flexibility index (Phi) is 2.67. The smallest absolute Gasteiger partial charge is 0.243 e. The van der Waals surface area contributed by atoms with E-state index < -0.39 is 5.82 Å². The van der Waals surface area contributed by atoms with Crippen molar-refractivity contribution in [3.63, 3.8) is 0 Å². The first-order valence-corrected chi connectivity index (χ1v) is 4.65. The number of rotatable bonds is 3. The summed E-state index contributed by atoms with van der Waals surface area (Å²) in [5.41, 5.74) is 0.515. The van der Waals surface area contributed by atoms with Crippen molar-refractivity contribution in [3.8, 4) is 0 Å². The third kappa shape index (κ3) is 2.08. The van der Waals surface area contributed by atoms with Crippen molar-refractivity contribution in [2.75, 3.05) is 18.9 Å². The van der Waals surface area contributed by atoms with Crippen LogP contribution in [0.3, 0.4) is 0 Å². The molecule has 0 atom stereocenters. The molecule has 0 aliphatic carbocycles. The molecule has 2 heterocycles. The molecule has 7 heteroatoms. The van der Waals surface area contributed by atoms with Crippen molar-refractivity contribution in [2.45, 2.75) is 0 Å². The van der Waals surface area contributed by atoms with Crippen molar-refractivity contribution >= 4 is 17.5 Å². The van der Waals surface area contributed by atoms with Crippen LogP contribution < -0.4 is 10.6 Å². The number of amides is 1. The summed E-state index contributed by atoms with van der Waals surface area (Å²) in [5.74, 6) is -0.283. The van der Waals surface area contributed by atoms with Gasteiger partial charge in [0.1, 0.15) is 5.82 Å². The average molecular weight is 223 g/mol. The summed E-state index contributed by atoms with van der Waals surface area (Å²) >= 11 is 0. The quantitative estimate of drug-likeness (QED) is 0.770. The number of hydrogen-bond donors (Lipinski definition) is 2. The van der Waals surface area contributed by atoms with Crippen molar-refractivity contribution in [1.29, 1.82) is 0 Å². The second-order valence-electron chi connectivity index (χ2n) is 3.11. The highest BCUT2D eigenvalue weighted by molar-refractivity contribution is 5.79. The monoisotopic (exact) mass is 223 g/mol. The number of fused-ring (bicyclic) bond motifs is 1. The van der Waals surface area contributed by atoms with E-state index in [0.29, 0.717) is 5.65 Å². The highest BCUT2D eigenvalue weighted by Gasteiger charge is 2.05. The Labute approximate surface area is 90.5 Å². The van der Waals surface area contributed by atoms with Crippen LogP contribution in [0.2, 0.25) is 0 Å². The predicted molar refractivity (Wildman–Crippen MR) is 55.5 cm³/mol. The molecular formula is C9H10FN5O. The molecule has 84 valence electrons. The molecular weight excluding hydrogens is 213 g/mol. The van der Waals surface area contributed by atoms with E-state index in [0.717, 1.165) is 0 Å². The molecule has 6 nitrogen and oxygen atoms in total. The highest BCUT2D eigenvalue weighted by Crippen LogP contribution is 2.06. The molecule has 0 unspecified atom stereocenters. The summed E-state index contributed by atoms with van der Waals surface area (Å²) in [6.45, 7) is 0.0792. The van der Waals surface area contributed by atoms with Crippen LogP contribution in [-0.2, 0) is 4.79 Å². The van der Waals surface area contributed by atoms with E-state index >= 15 is 0 Å². The van der Waals surface area contributed by atoms with Crippen molar-refractivity contribution in [3.05, 3.63) is 24.1 Å². The van der Waals surface area contributed by atoms with Crippen LogP contribution in [0.1, 0.15) is 0 Å². The molecule has 16 heavy (non-hydrogen) atoms. The van der Waals surface area contributed by atoms with Gasteiger partial charge in [0, 0.05) is 7.05 Å². The SMILES string of the molecule is CNC(=O)CNc1nc2ccc(F)cn2n1. The van der Waals surface area contributed by atoms with Gasteiger partial charge in [0.2, 0.25) is 11.9 Å². The van der Waals surface area contributed by atoms with Gasteiger partial charge in [0.25, 0.3) is 0 Å². The Balaban J connectivity index is 2.16. The van der Waals surface area contributed by atoms with Crippen LogP contribution in [-0.4, -0.2) is 34.1 Å². The van der Waals surface area contributed by atoms with Crippen LogP contribution in [0.15, 0.2) is 18.3 Å². The first kappa shape index (κ1) is 10.3. The van der Waals surface area contributed by atoms with E-state index in [1.54, 1.807) is 0 Å². The largest absolute Gasteiger partial charge is 0.358 e. The number of aromatic nitrogens is 3. The van der Waals surface area contributed by atoms with Crippen LogP contribution in [0.5, 0.6) is 0 Å². The average Bonchev–Trinajstić information content (AvgIpc) is 2.67. The number of hydrogen-bond acceptors (Lipinski definition) is 4. The summed E-state index contributed by atoms with van der Waals surface area (Å²) in [6.07, 6.45) is 1.22. The molecule has 1 amide bonds. The molecule has 2 N–H and O–H groups in total. The minimum atomic E-state index is -0.393. The molecule has 0 aliphatic rings. The Morgan fingerprint density at radius 2 is 2.38 bits per heavy atom. The van der Waals surface area contributed by atoms with Gasteiger partial charge in [-0.25, -0.2) is 8.91 Å². The second kappa shape index (κ2) is 4.13. The van der Waals surface area contributed by atoms with Gasteiger partial charge in [-0.2, -0.15) is 4.98 Å². The fraction of sp³-hybridized carbons (Fsp3) is 0.222. The minimum Gasteiger partial charge on any atom is -0.358 e. The zero-order valence-electron chi connectivity index (χ0n) is 8.57. The van der Waals surface area contributed by atoms with Gasteiger partial charge < -0.3 is 10.6 Å². The number of carbonyl (C=O) groups is 1. The summed E-state index contributed by atoms with van der Waals surface area (Å²) in [6, 6.07) is 2.81. The molecule has 0 fully saturated rings. The maximum atomic E-state index is 12.8. The van der Waals surface area contributed by atoms with Gasteiger partial charge in [-0.15, -0.1) is 5.10 Å². The first-order chi connectivity index (χ1) is 7.69. The standard InChI is InChI=1S/C9H10FN5O/c1-11-8(16)4-12-9-13-7-3-2-6(10)5-15(7)14-9/h2-3,5H,4H2,1H3,(H,11,16)(H,12,14). The number of anilines is 1. The topological polar surface area (TPSA) is 71.3 Å². The van der Waals surface area contributed by atoms with Crippen LogP contribution in [0.25, 0.3) is 5.65 Å². The number of pyridine rings is 1. The summed E-state index contributed by atoms with van der Waals surface area (Å²) in [7, 11) is 1.54. The molecule has 0 saturated heterocycles. The Morgan fingerprint density at radius 1 is 1.56 bits per heavy atom. The molecule has 0 radical (unpaired) electrons. The summed E-state index contributed by atoms with van der Waals surface area (Å²) < 4.78 is 14.1. The fourth-order valence-electron chi connectivity index (χ4n) is 1.18. The van der Waals surface area contributed by atoms with Gasteiger partial charge in [-0.1, -0.05) is 0 Å². The second-order valence-corrected chi connectivity index (χ2v) is 3.11. The van der Waals surface area contributed by atoms with Crippen molar-refractivity contribution in [2.24, 2.45) is 0 Å². The van der Waals surface area contributed by atoms with Gasteiger partial charge >= 0.3 is 0 Å². The maximum Gasteiger partial charge on any atom is 0.243 e. The third-order valence-electron chi connectivity index (χ3n) is 1.98. The normalized spacial score (nSPS) is 10.4. The molecule has 0 saturated carbocycles. The lowest BCUT2D eigenvalue weighted by Crippen LogP contribution is -2.26. The van der Waals surface area contributed by atoms with E-state index in [4.69, 9.17) is 0 Å². The van der Waals surface area contributed by atoms with Gasteiger partial charge in [0.15, 0.2) is 5.65 Å². The Hall–Kier alpha value is -2.18. The Bertz CT molecular complexity index is 524. The number of nitrogens with one attached hydrogen (secondary N) is 2. The van der Waals surface area contributed by atoms with Crippen molar-refractivity contribution < 1.29 is 9.18 Å². The van der Waals surface area contributed by atoms with E-state index in [1.807, 2.05) is 0 Å². The number of carbonyl (C=O) groups excluding carboxylic acids is 1. The molecule has 0 spiro atoms. The van der Waals surface area contributed by atoms with E-state index in [1.165, 1.54) is 29.9 Å². The van der Waals surface area contributed by atoms with Crippen molar-refractivity contribution in [1.82, 2.24) is 19.9 Å². The molecule has 0 aliphatic heterocycles. The summed E-state index contributed by atoms with van der Waals surface area (Å²) in [4.78, 5) is 15.0. The fourth-order valence-corrected chi connectivity index (χ4v) is 1.18. The van der Waals surface area contributed by atoms with Gasteiger partial charge in [-0.3, -0.25) is 4.79 Å². The lowest BCUT2D eigenvalue weighted by molar-refractivity contribution is -0.118. The highest BCUT2D eigenvalue weighted by atomic mass is 19.1. The molecule has 0 aromatic carbocycles. The molecule has 2 rings (SSSR count). The lowest BCUT2D eigenvalue weighted by Gasteiger charge is -1.98.